The van der Waals surface area contributed by atoms with E-state index in [-0.39, 0.29) is 15.9 Å². The predicted octanol–water partition coefficient (Wildman–Crippen LogP) is 3.62. The molecule has 3 nitrogen and oxygen atoms in total. The zero-order valence-corrected chi connectivity index (χ0v) is 10.1. The summed E-state index contributed by atoms with van der Waals surface area (Å²) in [6.07, 6.45) is 0. The summed E-state index contributed by atoms with van der Waals surface area (Å²) in [7, 11) is 0. The number of thioether (sulfide) groups is 1. The lowest BCUT2D eigenvalue weighted by atomic mass is 10.2. The molecular formula is C10H12ClNO2S. The van der Waals surface area contributed by atoms with Gasteiger partial charge in [-0.15, -0.1) is 23.4 Å². The third kappa shape index (κ3) is 3.72. The SMILES string of the molecule is Cc1cc(SC(C)CCl)cc([N+](=O)[O-])c1. The molecule has 0 radical (unpaired) electrons. The van der Waals surface area contributed by atoms with E-state index < -0.39 is 0 Å². The van der Waals surface area contributed by atoms with E-state index in [1.165, 1.54) is 0 Å². The molecule has 1 unspecified atom stereocenters. The maximum absolute atomic E-state index is 10.6. The first-order chi connectivity index (χ1) is 7.02. The number of aryl methyl sites for hydroxylation is 1. The number of rotatable bonds is 4. The number of halogens is 1. The number of nitro groups is 1. The van der Waals surface area contributed by atoms with Gasteiger partial charge in [-0.05, 0) is 18.6 Å². The van der Waals surface area contributed by atoms with E-state index >= 15 is 0 Å². The number of nitro benzene ring substituents is 1. The van der Waals surface area contributed by atoms with Crippen LogP contribution >= 0.6 is 23.4 Å². The van der Waals surface area contributed by atoms with E-state index in [0.29, 0.717) is 5.88 Å². The van der Waals surface area contributed by atoms with Crippen LogP contribution in [0.4, 0.5) is 5.69 Å². The van der Waals surface area contributed by atoms with Gasteiger partial charge in [0, 0.05) is 28.2 Å². The third-order valence-electron chi connectivity index (χ3n) is 1.80. The number of nitrogens with zero attached hydrogens (tertiary/aromatic N) is 1. The van der Waals surface area contributed by atoms with Gasteiger partial charge in [0.05, 0.1) is 4.92 Å². The van der Waals surface area contributed by atoms with E-state index in [1.807, 2.05) is 19.9 Å². The molecule has 0 heterocycles. The Morgan fingerprint density at radius 2 is 2.20 bits per heavy atom. The van der Waals surface area contributed by atoms with Crippen molar-refractivity contribution in [2.75, 3.05) is 5.88 Å². The average Bonchev–Trinajstić information content (AvgIpc) is 2.16. The van der Waals surface area contributed by atoms with E-state index in [0.717, 1.165) is 10.5 Å². The van der Waals surface area contributed by atoms with Crippen molar-refractivity contribution in [3.63, 3.8) is 0 Å². The molecule has 0 aliphatic rings. The predicted molar refractivity (Wildman–Crippen MR) is 63.9 cm³/mol. The molecule has 0 N–H and O–H groups in total. The third-order valence-corrected chi connectivity index (χ3v) is 3.52. The molecule has 0 aromatic heterocycles. The molecule has 1 rings (SSSR count). The Hall–Kier alpha value is -0.740. The molecule has 1 aromatic rings. The topological polar surface area (TPSA) is 43.1 Å². The van der Waals surface area contributed by atoms with Crippen LogP contribution in [0.25, 0.3) is 0 Å². The molecule has 0 bridgehead atoms. The van der Waals surface area contributed by atoms with Gasteiger partial charge in [0.15, 0.2) is 0 Å². The largest absolute Gasteiger partial charge is 0.270 e. The Labute approximate surface area is 98.0 Å². The molecule has 1 atom stereocenters. The Balaban J connectivity index is 2.93. The van der Waals surface area contributed by atoms with Crippen molar-refractivity contribution in [3.8, 4) is 0 Å². The quantitative estimate of drug-likeness (QED) is 0.352. The second-order valence-electron chi connectivity index (χ2n) is 3.34. The van der Waals surface area contributed by atoms with Crippen molar-refractivity contribution in [3.05, 3.63) is 33.9 Å². The standard InChI is InChI=1S/C10H12ClNO2S/c1-7-3-9(12(13)14)5-10(4-7)15-8(2)6-11/h3-5,8H,6H2,1-2H3. The maximum Gasteiger partial charge on any atom is 0.270 e. The minimum absolute atomic E-state index is 0.138. The second-order valence-corrected chi connectivity index (χ2v) is 5.16. The molecule has 0 aliphatic heterocycles. The summed E-state index contributed by atoms with van der Waals surface area (Å²) in [6, 6.07) is 5.08. The fraction of sp³-hybridized carbons (Fsp3) is 0.400. The molecule has 0 saturated carbocycles. The van der Waals surface area contributed by atoms with Crippen molar-refractivity contribution >= 4 is 29.1 Å². The molecule has 5 heteroatoms. The first kappa shape index (κ1) is 12.3. The van der Waals surface area contributed by atoms with Crippen LogP contribution in [0.15, 0.2) is 23.1 Å². The van der Waals surface area contributed by atoms with Crippen LogP contribution in [0.2, 0.25) is 0 Å². The zero-order chi connectivity index (χ0) is 11.4. The van der Waals surface area contributed by atoms with Crippen LogP contribution in [0.1, 0.15) is 12.5 Å². The lowest BCUT2D eigenvalue weighted by Crippen LogP contribution is -1.97. The normalized spacial score (nSPS) is 12.5. The van der Waals surface area contributed by atoms with Gasteiger partial charge in [0.2, 0.25) is 0 Å². The fourth-order valence-electron chi connectivity index (χ4n) is 1.17. The molecule has 0 aliphatic carbocycles. The van der Waals surface area contributed by atoms with Crippen LogP contribution in [0.3, 0.4) is 0 Å². The van der Waals surface area contributed by atoms with Crippen LogP contribution < -0.4 is 0 Å². The number of hydrogen-bond acceptors (Lipinski definition) is 3. The molecule has 82 valence electrons. The summed E-state index contributed by atoms with van der Waals surface area (Å²) in [5.74, 6) is 0.534. The molecule has 0 spiro atoms. The molecule has 0 amide bonds. The van der Waals surface area contributed by atoms with Crippen molar-refractivity contribution in [1.29, 1.82) is 0 Å². The van der Waals surface area contributed by atoms with Gasteiger partial charge in [0.25, 0.3) is 5.69 Å². The Bertz CT molecular complexity index is 370. The van der Waals surface area contributed by atoms with Crippen LogP contribution in [0, 0.1) is 17.0 Å². The number of non-ortho nitro benzene ring substituents is 1. The summed E-state index contributed by atoms with van der Waals surface area (Å²) < 4.78 is 0. The van der Waals surface area contributed by atoms with Gasteiger partial charge in [-0.1, -0.05) is 6.92 Å². The van der Waals surface area contributed by atoms with Gasteiger partial charge in [-0.3, -0.25) is 10.1 Å². The monoisotopic (exact) mass is 245 g/mol. The van der Waals surface area contributed by atoms with E-state index in [9.17, 15) is 10.1 Å². The van der Waals surface area contributed by atoms with Crippen LogP contribution in [-0.2, 0) is 0 Å². The summed E-state index contributed by atoms with van der Waals surface area (Å²) in [4.78, 5) is 11.2. The average molecular weight is 246 g/mol. The molecule has 15 heavy (non-hydrogen) atoms. The molecular weight excluding hydrogens is 234 g/mol. The summed E-state index contributed by atoms with van der Waals surface area (Å²) in [5, 5.41) is 10.9. The highest BCUT2D eigenvalue weighted by Crippen LogP contribution is 2.28. The lowest BCUT2D eigenvalue weighted by molar-refractivity contribution is -0.385. The summed E-state index contributed by atoms with van der Waals surface area (Å²) in [6.45, 7) is 3.84. The fourth-order valence-corrected chi connectivity index (χ4v) is 2.32. The molecule has 1 aromatic carbocycles. The first-order valence-electron chi connectivity index (χ1n) is 4.51. The summed E-state index contributed by atoms with van der Waals surface area (Å²) in [5.41, 5.74) is 1.03. The maximum atomic E-state index is 10.6. The van der Waals surface area contributed by atoms with E-state index in [4.69, 9.17) is 11.6 Å². The summed E-state index contributed by atoms with van der Waals surface area (Å²) >= 11 is 7.24. The van der Waals surface area contributed by atoms with Crippen molar-refractivity contribution in [1.82, 2.24) is 0 Å². The van der Waals surface area contributed by atoms with Gasteiger partial charge in [-0.25, -0.2) is 0 Å². The van der Waals surface area contributed by atoms with Gasteiger partial charge < -0.3 is 0 Å². The Morgan fingerprint density at radius 3 is 2.73 bits per heavy atom. The highest BCUT2D eigenvalue weighted by molar-refractivity contribution is 8.00. The van der Waals surface area contributed by atoms with Crippen molar-refractivity contribution < 1.29 is 4.92 Å². The Kier molecular flexibility index (Phi) is 4.42. The zero-order valence-electron chi connectivity index (χ0n) is 8.57. The highest BCUT2D eigenvalue weighted by atomic mass is 35.5. The minimum atomic E-state index is -0.373. The van der Waals surface area contributed by atoms with Gasteiger partial charge in [-0.2, -0.15) is 0 Å². The van der Waals surface area contributed by atoms with E-state index in [1.54, 1.807) is 23.9 Å². The van der Waals surface area contributed by atoms with E-state index in [2.05, 4.69) is 0 Å². The second kappa shape index (κ2) is 5.37. The minimum Gasteiger partial charge on any atom is -0.258 e. The lowest BCUT2D eigenvalue weighted by Gasteiger charge is -2.07. The first-order valence-corrected chi connectivity index (χ1v) is 5.93. The highest BCUT2D eigenvalue weighted by Gasteiger charge is 2.10. The van der Waals surface area contributed by atoms with Crippen molar-refractivity contribution in [2.24, 2.45) is 0 Å². The molecule has 0 saturated heterocycles. The number of alkyl halides is 1. The van der Waals surface area contributed by atoms with Gasteiger partial charge >= 0.3 is 0 Å². The Morgan fingerprint density at radius 1 is 1.53 bits per heavy atom. The van der Waals surface area contributed by atoms with Crippen molar-refractivity contribution in [2.45, 2.75) is 24.0 Å². The number of benzene rings is 1. The van der Waals surface area contributed by atoms with Crippen LogP contribution in [0.5, 0.6) is 0 Å². The van der Waals surface area contributed by atoms with Crippen LogP contribution in [-0.4, -0.2) is 16.1 Å². The molecule has 0 fully saturated rings. The number of hydrogen-bond donors (Lipinski definition) is 0. The smallest absolute Gasteiger partial charge is 0.258 e. The van der Waals surface area contributed by atoms with Gasteiger partial charge in [0.1, 0.15) is 0 Å².